The third-order valence-corrected chi connectivity index (χ3v) is 3.97. The Labute approximate surface area is 119 Å². The Balaban J connectivity index is 2.20. The average molecular weight is 275 g/mol. The molecule has 0 aromatic carbocycles. The van der Waals surface area contributed by atoms with Crippen LogP contribution in [0.5, 0.6) is 0 Å². The van der Waals surface area contributed by atoms with Gasteiger partial charge in [-0.05, 0) is 31.0 Å². The summed E-state index contributed by atoms with van der Waals surface area (Å²) in [6.45, 7) is 5.39. The first-order chi connectivity index (χ1) is 9.35. The van der Waals surface area contributed by atoms with Crippen LogP contribution in [0.15, 0.2) is 30.0 Å². The summed E-state index contributed by atoms with van der Waals surface area (Å²) in [4.78, 5) is 10.1. The van der Waals surface area contributed by atoms with Crippen molar-refractivity contribution in [2.24, 2.45) is 0 Å². The van der Waals surface area contributed by atoms with Gasteiger partial charge in [-0.1, -0.05) is 19.9 Å². The van der Waals surface area contributed by atoms with Gasteiger partial charge in [-0.25, -0.2) is 0 Å². The van der Waals surface area contributed by atoms with Crippen molar-refractivity contribution in [3.63, 3.8) is 0 Å². The highest BCUT2D eigenvalue weighted by Crippen LogP contribution is 2.22. The van der Waals surface area contributed by atoms with Crippen LogP contribution in [0.25, 0.3) is 0 Å². The van der Waals surface area contributed by atoms with Crippen molar-refractivity contribution in [3.8, 4) is 0 Å². The number of aromatic nitrogens is 2. The molecule has 0 saturated carbocycles. The van der Waals surface area contributed by atoms with Gasteiger partial charge in [0.15, 0.2) is 0 Å². The Hall–Kier alpha value is -1.26. The molecule has 0 aliphatic rings. The molecule has 1 unspecified atom stereocenters. The van der Waals surface area contributed by atoms with Crippen LogP contribution in [0.1, 0.15) is 42.4 Å². The largest absolute Gasteiger partial charge is 0.308 e. The van der Waals surface area contributed by atoms with Crippen LogP contribution in [-0.4, -0.2) is 16.5 Å². The molecule has 2 aromatic heterocycles. The van der Waals surface area contributed by atoms with Gasteiger partial charge in [-0.15, -0.1) is 11.3 Å². The van der Waals surface area contributed by atoms with Crippen LogP contribution in [0, 0.1) is 0 Å². The lowest BCUT2D eigenvalue weighted by molar-refractivity contribution is 0.516. The highest BCUT2D eigenvalue weighted by molar-refractivity contribution is 7.09. The third kappa shape index (κ3) is 3.85. The Morgan fingerprint density at radius 2 is 2.26 bits per heavy atom. The van der Waals surface area contributed by atoms with Crippen molar-refractivity contribution >= 4 is 11.3 Å². The summed E-state index contributed by atoms with van der Waals surface area (Å²) in [6, 6.07) is 4.48. The lowest BCUT2D eigenvalue weighted by Gasteiger charge is -2.19. The zero-order valence-electron chi connectivity index (χ0n) is 11.6. The van der Waals surface area contributed by atoms with Crippen LogP contribution in [0.3, 0.4) is 0 Å². The molecule has 0 fully saturated rings. The summed E-state index contributed by atoms with van der Waals surface area (Å²) in [5, 5.41) is 3.62. The van der Waals surface area contributed by atoms with Crippen LogP contribution < -0.4 is 5.32 Å². The molecular formula is C15H21N3S. The van der Waals surface area contributed by atoms with E-state index in [-0.39, 0.29) is 6.04 Å². The van der Waals surface area contributed by atoms with E-state index in [4.69, 9.17) is 0 Å². The highest BCUT2D eigenvalue weighted by atomic mass is 32.1. The zero-order valence-corrected chi connectivity index (χ0v) is 12.4. The van der Waals surface area contributed by atoms with Crippen LogP contribution in [0.2, 0.25) is 0 Å². The van der Waals surface area contributed by atoms with Crippen LogP contribution in [0.4, 0.5) is 0 Å². The van der Waals surface area contributed by atoms with E-state index in [9.17, 15) is 0 Å². The maximum Gasteiger partial charge on any atom is 0.0794 e. The minimum atomic E-state index is 0.288. The van der Waals surface area contributed by atoms with E-state index in [0.29, 0.717) is 0 Å². The minimum absolute atomic E-state index is 0.288. The van der Waals surface area contributed by atoms with Crippen molar-refractivity contribution in [1.82, 2.24) is 15.3 Å². The lowest BCUT2D eigenvalue weighted by atomic mass is 10.0. The first-order valence-corrected chi connectivity index (χ1v) is 7.77. The SMILES string of the molecule is CCCNC(Cc1cncs1)c1ncccc1CC. The Morgan fingerprint density at radius 1 is 1.37 bits per heavy atom. The van der Waals surface area contributed by atoms with Crippen molar-refractivity contribution in [2.75, 3.05) is 6.54 Å². The first kappa shape index (κ1) is 14.2. The molecule has 0 aliphatic carbocycles. The maximum absolute atomic E-state index is 4.61. The van der Waals surface area contributed by atoms with E-state index in [1.165, 1.54) is 16.1 Å². The molecule has 0 bridgehead atoms. The Bertz CT molecular complexity index is 482. The van der Waals surface area contributed by atoms with E-state index < -0.39 is 0 Å². The summed E-state index contributed by atoms with van der Waals surface area (Å²) in [6.07, 6.45) is 6.97. The molecule has 1 N–H and O–H groups in total. The molecule has 0 amide bonds. The topological polar surface area (TPSA) is 37.8 Å². The second kappa shape index (κ2) is 7.36. The fourth-order valence-corrected chi connectivity index (χ4v) is 2.83. The average Bonchev–Trinajstić information content (AvgIpc) is 2.96. The van der Waals surface area contributed by atoms with Crippen molar-refractivity contribution in [3.05, 3.63) is 46.2 Å². The molecule has 102 valence electrons. The van der Waals surface area contributed by atoms with Gasteiger partial charge in [0, 0.05) is 23.7 Å². The second-order valence-electron chi connectivity index (χ2n) is 4.58. The molecule has 0 radical (unpaired) electrons. The van der Waals surface area contributed by atoms with Gasteiger partial charge in [0.1, 0.15) is 0 Å². The van der Waals surface area contributed by atoms with Crippen LogP contribution >= 0.6 is 11.3 Å². The first-order valence-electron chi connectivity index (χ1n) is 6.89. The summed E-state index contributed by atoms with van der Waals surface area (Å²) in [5.74, 6) is 0. The van der Waals surface area contributed by atoms with Crippen molar-refractivity contribution < 1.29 is 0 Å². The molecule has 19 heavy (non-hydrogen) atoms. The number of rotatable bonds is 7. The van der Waals surface area contributed by atoms with Gasteiger partial charge in [-0.2, -0.15) is 0 Å². The van der Waals surface area contributed by atoms with Crippen molar-refractivity contribution in [1.29, 1.82) is 0 Å². The molecule has 2 rings (SSSR count). The van der Waals surface area contributed by atoms with E-state index in [2.05, 4.69) is 35.2 Å². The fourth-order valence-electron chi connectivity index (χ4n) is 2.19. The van der Waals surface area contributed by atoms with E-state index in [0.717, 1.165) is 25.8 Å². The monoisotopic (exact) mass is 275 g/mol. The lowest BCUT2D eigenvalue weighted by Crippen LogP contribution is -2.25. The molecule has 0 spiro atoms. The van der Waals surface area contributed by atoms with E-state index in [1.807, 2.05) is 24.0 Å². The predicted molar refractivity (Wildman–Crippen MR) is 80.5 cm³/mol. The Morgan fingerprint density at radius 3 is 2.95 bits per heavy atom. The molecule has 0 aliphatic heterocycles. The summed E-state index contributed by atoms with van der Waals surface area (Å²) < 4.78 is 0. The zero-order chi connectivity index (χ0) is 13.5. The molecule has 0 saturated heterocycles. The minimum Gasteiger partial charge on any atom is -0.308 e. The molecule has 4 heteroatoms. The molecule has 3 nitrogen and oxygen atoms in total. The van der Waals surface area contributed by atoms with E-state index >= 15 is 0 Å². The van der Waals surface area contributed by atoms with E-state index in [1.54, 1.807) is 11.3 Å². The molecule has 2 aromatic rings. The molecule has 1 atom stereocenters. The van der Waals surface area contributed by atoms with Gasteiger partial charge in [-0.3, -0.25) is 9.97 Å². The summed E-state index contributed by atoms with van der Waals surface area (Å²) in [7, 11) is 0. The normalized spacial score (nSPS) is 12.5. The van der Waals surface area contributed by atoms with Gasteiger partial charge in [0.25, 0.3) is 0 Å². The number of hydrogen-bond donors (Lipinski definition) is 1. The number of nitrogens with one attached hydrogen (secondary N) is 1. The standard InChI is InChI=1S/C15H21N3S/c1-3-7-17-14(9-13-10-16-11-19-13)15-12(4-2)6-5-8-18-15/h5-6,8,10-11,14,17H,3-4,7,9H2,1-2H3. The van der Waals surface area contributed by atoms with Gasteiger partial charge >= 0.3 is 0 Å². The van der Waals surface area contributed by atoms with Crippen LogP contribution in [-0.2, 0) is 12.8 Å². The van der Waals surface area contributed by atoms with Gasteiger partial charge < -0.3 is 5.32 Å². The summed E-state index contributed by atoms with van der Waals surface area (Å²) >= 11 is 1.71. The van der Waals surface area contributed by atoms with Crippen molar-refractivity contribution in [2.45, 2.75) is 39.2 Å². The fraction of sp³-hybridized carbons (Fsp3) is 0.467. The highest BCUT2D eigenvalue weighted by Gasteiger charge is 2.16. The van der Waals surface area contributed by atoms with Gasteiger partial charge in [0.05, 0.1) is 17.2 Å². The smallest absolute Gasteiger partial charge is 0.0794 e. The van der Waals surface area contributed by atoms with Gasteiger partial charge in [0.2, 0.25) is 0 Å². The summed E-state index contributed by atoms with van der Waals surface area (Å²) in [5.41, 5.74) is 4.42. The maximum atomic E-state index is 4.61. The quantitative estimate of drug-likeness (QED) is 0.841. The number of hydrogen-bond acceptors (Lipinski definition) is 4. The number of nitrogens with zero attached hydrogens (tertiary/aromatic N) is 2. The number of pyridine rings is 1. The second-order valence-corrected chi connectivity index (χ2v) is 5.55. The Kier molecular flexibility index (Phi) is 5.48. The third-order valence-electron chi connectivity index (χ3n) is 3.17. The molecular weight excluding hydrogens is 254 g/mol. The number of aryl methyl sites for hydroxylation is 1. The molecule has 2 heterocycles. The predicted octanol–water partition coefficient (Wildman–Crippen LogP) is 3.38. The number of thiazole rings is 1.